The van der Waals surface area contributed by atoms with Gasteiger partial charge in [0, 0.05) is 12.3 Å². The molecule has 2 unspecified atom stereocenters. The van der Waals surface area contributed by atoms with Crippen molar-refractivity contribution in [2.24, 2.45) is 0 Å². The summed E-state index contributed by atoms with van der Waals surface area (Å²) in [5, 5.41) is 26.9. The van der Waals surface area contributed by atoms with E-state index in [2.05, 4.69) is 4.98 Å². The van der Waals surface area contributed by atoms with E-state index >= 15 is 0 Å². The molecule has 0 aliphatic heterocycles. The Morgan fingerprint density at radius 1 is 1.57 bits per heavy atom. The molecule has 0 aliphatic rings. The third kappa shape index (κ3) is 2.19. The van der Waals surface area contributed by atoms with Crippen LogP contribution in [-0.2, 0) is 0 Å². The predicted molar refractivity (Wildman–Crippen MR) is 47.4 cm³/mol. The highest BCUT2D eigenvalue weighted by atomic mass is 16.5. The van der Waals surface area contributed by atoms with Crippen molar-refractivity contribution in [3.63, 3.8) is 0 Å². The van der Waals surface area contributed by atoms with E-state index in [1.807, 2.05) is 0 Å². The number of hydrogen-bond donors (Lipinski definition) is 2. The van der Waals surface area contributed by atoms with E-state index < -0.39 is 12.2 Å². The van der Waals surface area contributed by atoms with Gasteiger partial charge in [0.25, 0.3) is 0 Å². The van der Waals surface area contributed by atoms with E-state index in [1.165, 1.54) is 25.4 Å². The quantitative estimate of drug-likeness (QED) is 0.662. The van der Waals surface area contributed by atoms with Crippen molar-refractivity contribution in [3.05, 3.63) is 23.9 Å². The first-order valence-electron chi connectivity index (χ1n) is 3.94. The molecule has 1 aromatic rings. The third-order valence-corrected chi connectivity index (χ3v) is 1.74. The number of aromatic nitrogens is 1. The maximum absolute atomic E-state index is 9.45. The van der Waals surface area contributed by atoms with Crippen LogP contribution in [0.5, 0.6) is 5.88 Å². The van der Waals surface area contributed by atoms with Gasteiger partial charge in [-0.15, -0.1) is 0 Å². The molecule has 14 heavy (non-hydrogen) atoms. The van der Waals surface area contributed by atoms with Gasteiger partial charge >= 0.3 is 0 Å². The van der Waals surface area contributed by atoms with Crippen molar-refractivity contribution in [1.82, 2.24) is 4.98 Å². The summed E-state index contributed by atoms with van der Waals surface area (Å²) in [5.41, 5.74) is 0.394. The van der Waals surface area contributed by atoms with E-state index in [-0.39, 0.29) is 0 Å². The fourth-order valence-corrected chi connectivity index (χ4v) is 0.973. The lowest BCUT2D eigenvalue weighted by Crippen LogP contribution is -2.15. The van der Waals surface area contributed by atoms with Crippen molar-refractivity contribution in [2.45, 2.75) is 12.2 Å². The van der Waals surface area contributed by atoms with Crippen LogP contribution in [0, 0.1) is 11.3 Å². The van der Waals surface area contributed by atoms with Gasteiger partial charge in [-0.05, 0) is 11.6 Å². The van der Waals surface area contributed by atoms with Gasteiger partial charge in [-0.3, -0.25) is 0 Å². The molecule has 0 radical (unpaired) electrons. The summed E-state index contributed by atoms with van der Waals surface area (Å²) >= 11 is 0. The van der Waals surface area contributed by atoms with Crippen LogP contribution in [0.25, 0.3) is 0 Å². The van der Waals surface area contributed by atoms with Crippen molar-refractivity contribution < 1.29 is 14.9 Å². The largest absolute Gasteiger partial charge is 0.481 e. The van der Waals surface area contributed by atoms with Gasteiger partial charge in [0.15, 0.2) is 6.10 Å². The number of ether oxygens (including phenoxy) is 1. The SMILES string of the molecule is COc1cc(C(O)C(O)C#N)ccn1. The maximum atomic E-state index is 9.45. The highest BCUT2D eigenvalue weighted by Gasteiger charge is 2.17. The lowest BCUT2D eigenvalue weighted by Gasteiger charge is -2.11. The van der Waals surface area contributed by atoms with E-state index in [4.69, 9.17) is 15.1 Å². The average Bonchev–Trinajstić information content (AvgIpc) is 2.27. The Morgan fingerprint density at radius 2 is 2.29 bits per heavy atom. The summed E-state index contributed by atoms with van der Waals surface area (Å²) in [6.07, 6.45) is -1.25. The van der Waals surface area contributed by atoms with E-state index in [1.54, 1.807) is 6.07 Å². The number of rotatable bonds is 3. The van der Waals surface area contributed by atoms with Crippen LogP contribution in [-0.4, -0.2) is 28.4 Å². The second-order valence-electron chi connectivity index (χ2n) is 2.65. The van der Waals surface area contributed by atoms with Gasteiger partial charge in [0.1, 0.15) is 6.10 Å². The van der Waals surface area contributed by atoms with E-state index in [0.717, 1.165) is 0 Å². The minimum absolute atomic E-state index is 0.326. The molecule has 1 rings (SSSR count). The molecule has 0 fully saturated rings. The molecular weight excluding hydrogens is 184 g/mol. The summed E-state index contributed by atoms with van der Waals surface area (Å²) < 4.78 is 4.83. The second-order valence-corrected chi connectivity index (χ2v) is 2.65. The molecule has 2 N–H and O–H groups in total. The van der Waals surface area contributed by atoms with Gasteiger partial charge in [0.2, 0.25) is 5.88 Å². The zero-order chi connectivity index (χ0) is 10.6. The summed E-state index contributed by atoms with van der Waals surface area (Å²) in [7, 11) is 1.44. The van der Waals surface area contributed by atoms with Crippen LogP contribution in [0.2, 0.25) is 0 Å². The molecule has 0 spiro atoms. The number of nitrogens with zero attached hydrogens (tertiary/aromatic N) is 2. The fourth-order valence-electron chi connectivity index (χ4n) is 0.973. The van der Waals surface area contributed by atoms with Crippen LogP contribution >= 0.6 is 0 Å². The highest BCUT2D eigenvalue weighted by Crippen LogP contribution is 2.19. The van der Waals surface area contributed by atoms with Crippen LogP contribution in [0.3, 0.4) is 0 Å². The van der Waals surface area contributed by atoms with Gasteiger partial charge < -0.3 is 14.9 Å². The van der Waals surface area contributed by atoms with Crippen molar-refractivity contribution >= 4 is 0 Å². The van der Waals surface area contributed by atoms with Crippen molar-refractivity contribution in [2.75, 3.05) is 7.11 Å². The normalized spacial score (nSPS) is 14.1. The first-order valence-corrected chi connectivity index (χ1v) is 3.94. The molecule has 0 saturated carbocycles. The molecule has 0 saturated heterocycles. The Balaban J connectivity index is 2.90. The summed E-state index contributed by atoms with van der Waals surface area (Å²) in [5.74, 6) is 0.326. The van der Waals surface area contributed by atoms with Crippen molar-refractivity contribution in [3.8, 4) is 11.9 Å². The lowest BCUT2D eigenvalue weighted by atomic mass is 10.1. The molecule has 0 aliphatic carbocycles. The standard InChI is InChI=1S/C9H10N2O3/c1-14-8-4-6(2-3-11-8)9(13)7(12)5-10/h2-4,7,9,12-13H,1H3. The third-order valence-electron chi connectivity index (χ3n) is 1.74. The lowest BCUT2D eigenvalue weighted by molar-refractivity contribution is 0.0526. The van der Waals surface area contributed by atoms with Crippen LogP contribution in [0.1, 0.15) is 11.7 Å². The number of hydrogen-bond acceptors (Lipinski definition) is 5. The number of nitriles is 1. The zero-order valence-electron chi connectivity index (χ0n) is 7.58. The molecule has 0 amide bonds. The highest BCUT2D eigenvalue weighted by molar-refractivity contribution is 5.24. The molecule has 1 heterocycles. The zero-order valence-corrected chi connectivity index (χ0v) is 7.58. The first kappa shape index (κ1) is 10.4. The Bertz CT molecular complexity index is 348. The number of aliphatic hydroxyl groups excluding tert-OH is 2. The summed E-state index contributed by atoms with van der Waals surface area (Å²) in [6.45, 7) is 0. The smallest absolute Gasteiger partial charge is 0.213 e. The molecule has 5 nitrogen and oxygen atoms in total. The Kier molecular flexibility index (Phi) is 3.40. The number of methoxy groups -OCH3 is 1. The van der Waals surface area contributed by atoms with E-state index in [0.29, 0.717) is 11.4 Å². The predicted octanol–water partition coefficient (Wildman–Crippen LogP) is 0.00808. The van der Waals surface area contributed by atoms with Gasteiger partial charge in [-0.2, -0.15) is 5.26 Å². The Hall–Kier alpha value is -1.64. The molecule has 5 heteroatoms. The Labute approximate surface area is 81.2 Å². The number of aliphatic hydroxyl groups is 2. The van der Waals surface area contributed by atoms with Crippen LogP contribution < -0.4 is 4.74 Å². The first-order chi connectivity index (χ1) is 6.69. The number of pyridine rings is 1. The molecule has 0 bridgehead atoms. The average molecular weight is 194 g/mol. The molecule has 74 valence electrons. The summed E-state index contributed by atoms with van der Waals surface area (Å²) in [4.78, 5) is 3.83. The summed E-state index contributed by atoms with van der Waals surface area (Å²) in [6, 6.07) is 4.52. The minimum atomic E-state index is -1.44. The second kappa shape index (κ2) is 4.56. The van der Waals surface area contributed by atoms with Crippen LogP contribution in [0.15, 0.2) is 18.3 Å². The van der Waals surface area contributed by atoms with Crippen LogP contribution in [0.4, 0.5) is 0 Å². The van der Waals surface area contributed by atoms with Gasteiger partial charge in [-0.25, -0.2) is 4.98 Å². The maximum Gasteiger partial charge on any atom is 0.213 e. The molecular formula is C9H10N2O3. The van der Waals surface area contributed by atoms with Gasteiger partial charge in [0.05, 0.1) is 13.2 Å². The molecule has 0 aromatic carbocycles. The molecule has 2 atom stereocenters. The monoisotopic (exact) mass is 194 g/mol. The Morgan fingerprint density at radius 3 is 2.86 bits per heavy atom. The topological polar surface area (TPSA) is 86.4 Å². The minimum Gasteiger partial charge on any atom is -0.481 e. The van der Waals surface area contributed by atoms with Crippen molar-refractivity contribution in [1.29, 1.82) is 5.26 Å². The van der Waals surface area contributed by atoms with E-state index in [9.17, 15) is 5.11 Å². The van der Waals surface area contributed by atoms with Gasteiger partial charge in [-0.1, -0.05) is 0 Å². The molecule has 1 aromatic heterocycles. The fraction of sp³-hybridized carbons (Fsp3) is 0.333.